The first-order valence-corrected chi connectivity index (χ1v) is 9.30. The van der Waals surface area contributed by atoms with Crippen molar-refractivity contribution in [2.75, 3.05) is 37.9 Å². The van der Waals surface area contributed by atoms with Crippen LogP contribution in [0.5, 0.6) is 0 Å². The van der Waals surface area contributed by atoms with Gasteiger partial charge in [0.2, 0.25) is 10.0 Å². The zero-order valence-electron chi connectivity index (χ0n) is 11.5. The van der Waals surface area contributed by atoms with E-state index in [9.17, 15) is 16.8 Å². The van der Waals surface area contributed by atoms with E-state index in [-0.39, 0.29) is 10.6 Å². The van der Waals surface area contributed by atoms with Gasteiger partial charge in [0.25, 0.3) is 0 Å². The average molecular weight is 334 g/mol. The number of sulfonamides is 1. The van der Waals surface area contributed by atoms with Gasteiger partial charge in [0.15, 0.2) is 0 Å². The lowest BCUT2D eigenvalue weighted by Gasteiger charge is -2.27. The fraction of sp³-hybridized carbons (Fsp3) is 0.455. The molecule has 0 bridgehead atoms. The minimum Gasteiger partial charge on any atom is -0.314 e. The van der Waals surface area contributed by atoms with Crippen LogP contribution < -0.4 is 14.8 Å². The summed E-state index contributed by atoms with van der Waals surface area (Å²) in [4.78, 5) is -0.105. The topological polar surface area (TPSA) is 108 Å². The Balaban J connectivity index is 2.31. The largest absolute Gasteiger partial charge is 0.314 e. The number of para-hydroxylation sites is 1. The molecule has 1 heterocycles. The summed E-state index contributed by atoms with van der Waals surface area (Å²) in [6, 6.07) is 5.88. The molecular formula is C11H18N4O4S2. The van der Waals surface area contributed by atoms with Crippen LogP contribution in [0, 0.1) is 0 Å². The predicted octanol–water partition coefficient (Wildman–Crippen LogP) is -0.843. The van der Waals surface area contributed by atoms with E-state index in [4.69, 9.17) is 0 Å². The lowest BCUT2D eigenvalue weighted by atomic mass is 10.3. The smallest absolute Gasteiger partial charge is 0.301 e. The number of rotatable bonds is 5. The number of hydrogen-bond donors (Lipinski definition) is 3. The van der Waals surface area contributed by atoms with Crippen molar-refractivity contribution in [2.24, 2.45) is 0 Å². The standard InChI is InChI=1S/C11H18N4O4S2/c1-12-20(16,17)11-5-3-2-4-10(11)14-21(18,19)15-8-6-13-7-9-15/h2-5,12-14H,6-9H2,1H3. The maximum absolute atomic E-state index is 12.3. The van der Waals surface area contributed by atoms with Gasteiger partial charge in [-0.25, -0.2) is 13.1 Å². The number of piperazine rings is 1. The van der Waals surface area contributed by atoms with Crippen LogP contribution >= 0.6 is 0 Å². The molecule has 1 fully saturated rings. The molecule has 3 N–H and O–H groups in total. The molecule has 21 heavy (non-hydrogen) atoms. The molecule has 0 spiro atoms. The number of nitrogens with zero attached hydrogens (tertiary/aromatic N) is 1. The minimum atomic E-state index is -3.78. The van der Waals surface area contributed by atoms with Gasteiger partial charge in [-0.3, -0.25) is 4.72 Å². The second-order valence-electron chi connectivity index (χ2n) is 4.46. The quantitative estimate of drug-likeness (QED) is 0.650. The molecule has 0 unspecified atom stereocenters. The highest BCUT2D eigenvalue weighted by Gasteiger charge is 2.26. The molecular weight excluding hydrogens is 316 g/mol. The van der Waals surface area contributed by atoms with Gasteiger partial charge in [0.1, 0.15) is 4.90 Å². The molecule has 1 aromatic rings. The van der Waals surface area contributed by atoms with Crippen LogP contribution in [-0.2, 0) is 20.2 Å². The van der Waals surface area contributed by atoms with Crippen molar-refractivity contribution in [1.82, 2.24) is 14.3 Å². The third-order valence-electron chi connectivity index (χ3n) is 3.10. The zero-order chi connectivity index (χ0) is 15.5. The molecule has 1 aliphatic rings. The summed E-state index contributed by atoms with van der Waals surface area (Å²) >= 11 is 0. The van der Waals surface area contributed by atoms with E-state index in [1.54, 1.807) is 6.07 Å². The molecule has 0 atom stereocenters. The van der Waals surface area contributed by atoms with Crippen LogP contribution in [0.1, 0.15) is 0 Å². The summed E-state index contributed by atoms with van der Waals surface area (Å²) < 4.78 is 54.2. The summed E-state index contributed by atoms with van der Waals surface area (Å²) in [6.07, 6.45) is 0. The minimum absolute atomic E-state index is 0.0328. The van der Waals surface area contributed by atoms with Gasteiger partial charge in [-0.15, -0.1) is 0 Å². The average Bonchev–Trinajstić information content (AvgIpc) is 2.48. The van der Waals surface area contributed by atoms with Crippen LogP contribution in [0.2, 0.25) is 0 Å². The SMILES string of the molecule is CNS(=O)(=O)c1ccccc1NS(=O)(=O)N1CCNCC1. The first-order chi connectivity index (χ1) is 9.87. The van der Waals surface area contributed by atoms with Crippen molar-refractivity contribution in [1.29, 1.82) is 0 Å². The first kappa shape index (κ1) is 16.2. The summed E-state index contributed by atoms with van der Waals surface area (Å²) in [6.45, 7) is 1.82. The third-order valence-corrected chi connectivity index (χ3v) is 6.10. The molecule has 0 aliphatic carbocycles. The normalized spacial score (nSPS) is 17.6. The number of nitrogens with one attached hydrogen (secondary N) is 3. The Morgan fingerprint density at radius 2 is 1.71 bits per heavy atom. The van der Waals surface area contributed by atoms with Crippen LogP contribution in [-0.4, -0.2) is 54.4 Å². The zero-order valence-corrected chi connectivity index (χ0v) is 13.2. The van der Waals surface area contributed by atoms with E-state index in [2.05, 4.69) is 14.8 Å². The van der Waals surface area contributed by atoms with Gasteiger partial charge in [-0.05, 0) is 19.2 Å². The summed E-state index contributed by atoms with van der Waals surface area (Å²) in [5, 5.41) is 3.06. The molecule has 0 saturated carbocycles. The van der Waals surface area contributed by atoms with Crippen LogP contribution in [0.4, 0.5) is 5.69 Å². The van der Waals surface area contributed by atoms with E-state index >= 15 is 0 Å². The number of benzene rings is 1. The van der Waals surface area contributed by atoms with Crippen LogP contribution in [0.3, 0.4) is 0 Å². The molecule has 2 rings (SSSR count). The van der Waals surface area contributed by atoms with Crippen molar-refractivity contribution in [3.63, 3.8) is 0 Å². The lowest BCUT2D eigenvalue weighted by molar-refractivity contribution is 0.362. The Kier molecular flexibility index (Phi) is 4.84. The maximum atomic E-state index is 12.3. The van der Waals surface area contributed by atoms with Crippen molar-refractivity contribution < 1.29 is 16.8 Å². The molecule has 1 aromatic carbocycles. The van der Waals surface area contributed by atoms with Gasteiger partial charge in [0.05, 0.1) is 5.69 Å². The van der Waals surface area contributed by atoms with Gasteiger partial charge in [-0.2, -0.15) is 12.7 Å². The summed E-state index contributed by atoms with van der Waals surface area (Å²) in [7, 11) is -6.24. The monoisotopic (exact) mass is 334 g/mol. The second-order valence-corrected chi connectivity index (χ2v) is 7.99. The van der Waals surface area contributed by atoms with Crippen molar-refractivity contribution in [3.8, 4) is 0 Å². The molecule has 1 saturated heterocycles. The molecule has 0 amide bonds. The van der Waals surface area contributed by atoms with Gasteiger partial charge < -0.3 is 5.32 Å². The van der Waals surface area contributed by atoms with Crippen molar-refractivity contribution in [2.45, 2.75) is 4.90 Å². The summed E-state index contributed by atoms with van der Waals surface area (Å²) in [5.74, 6) is 0. The molecule has 118 valence electrons. The Morgan fingerprint density at radius 3 is 2.33 bits per heavy atom. The van der Waals surface area contributed by atoms with E-state index in [1.807, 2.05) is 0 Å². The van der Waals surface area contributed by atoms with E-state index < -0.39 is 20.2 Å². The highest BCUT2D eigenvalue weighted by Crippen LogP contribution is 2.22. The van der Waals surface area contributed by atoms with Crippen molar-refractivity contribution in [3.05, 3.63) is 24.3 Å². The van der Waals surface area contributed by atoms with Crippen LogP contribution in [0.15, 0.2) is 29.2 Å². The van der Waals surface area contributed by atoms with E-state index in [0.717, 1.165) is 0 Å². The Bertz CT molecular complexity index is 697. The second kappa shape index (κ2) is 6.28. The molecule has 0 radical (unpaired) electrons. The fourth-order valence-corrected chi connectivity index (χ4v) is 4.18. The number of anilines is 1. The van der Waals surface area contributed by atoms with Crippen molar-refractivity contribution >= 4 is 25.9 Å². The molecule has 0 aromatic heterocycles. The highest BCUT2D eigenvalue weighted by molar-refractivity contribution is 7.91. The van der Waals surface area contributed by atoms with Gasteiger partial charge in [0, 0.05) is 26.2 Å². The van der Waals surface area contributed by atoms with Gasteiger partial charge >= 0.3 is 10.2 Å². The highest BCUT2D eigenvalue weighted by atomic mass is 32.2. The van der Waals surface area contributed by atoms with E-state index in [1.165, 1.54) is 29.6 Å². The van der Waals surface area contributed by atoms with E-state index in [0.29, 0.717) is 26.2 Å². The third kappa shape index (κ3) is 3.71. The predicted molar refractivity (Wildman–Crippen MR) is 79.7 cm³/mol. The Morgan fingerprint density at radius 1 is 1.10 bits per heavy atom. The number of hydrogen-bond acceptors (Lipinski definition) is 5. The lowest BCUT2D eigenvalue weighted by Crippen LogP contribution is -2.48. The van der Waals surface area contributed by atoms with Crippen LogP contribution in [0.25, 0.3) is 0 Å². The molecule has 1 aliphatic heterocycles. The molecule has 8 nitrogen and oxygen atoms in total. The maximum Gasteiger partial charge on any atom is 0.301 e. The molecule has 10 heteroatoms. The summed E-state index contributed by atoms with van der Waals surface area (Å²) in [5.41, 5.74) is 0.0328. The fourth-order valence-electron chi connectivity index (χ4n) is 1.98. The van der Waals surface area contributed by atoms with Gasteiger partial charge in [-0.1, -0.05) is 12.1 Å². The Labute approximate surface area is 124 Å². The Hall–Kier alpha value is -1.20. The first-order valence-electron chi connectivity index (χ1n) is 6.38.